The number of benzene rings is 2. The van der Waals surface area contributed by atoms with Crippen molar-refractivity contribution in [3.63, 3.8) is 0 Å². The number of aliphatic imine (C=N–C) groups is 1. The van der Waals surface area contributed by atoms with Crippen molar-refractivity contribution in [1.29, 1.82) is 0 Å². The van der Waals surface area contributed by atoms with Gasteiger partial charge in [-0.2, -0.15) is 0 Å². The SMILES string of the molecule is CC(C)Cn1c(O)c(/C=C2\C=Nc3ccccc32)sc1=Nc1ccc(Cl)cc1. The molecule has 1 N–H and O–H groups in total. The second kappa shape index (κ2) is 7.78. The zero-order chi connectivity index (χ0) is 19.7. The molecule has 142 valence electrons. The largest absolute Gasteiger partial charge is 0.493 e. The minimum atomic E-state index is 0.233. The van der Waals surface area contributed by atoms with E-state index in [1.807, 2.05) is 65.4 Å². The van der Waals surface area contributed by atoms with E-state index in [4.69, 9.17) is 16.6 Å². The van der Waals surface area contributed by atoms with Crippen molar-refractivity contribution in [3.8, 4) is 5.88 Å². The third-order valence-electron chi connectivity index (χ3n) is 4.35. The van der Waals surface area contributed by atoms with Crippen LogP contribution in [0.25, 0.3) is 11.6 Å². The molecule has 4 rings (SSSR count). The summed E-state index contributed by atoms with van der Waals surface area (Å²) in [4.78, 5) is 10.7. The summed E-state index contributed by atoms with van der Waals surface area (Å²) in [5.41, 5.74) is 3.81. The molecule has 4 nitrogen and oxygen atoms in total. The van der Waals surface area contributed by atoms with Gasteiger partial charge >= 0.3 is 0 Å². The van der Waals surface area contributed by atoms with Gasteiger partial charge in [-0.25, -0.2) is 4.99 Å². The van der Waals surface area contributed by atoms with Crippen LogP contribution in [-0.4, -0.2) is 15.9 Å². The molecule has 1 aromatic heterocycles. The second-order valence-electron chi connectivity index (χ2n) is 7.04. The maximum atomic E-state index is 10.9. The highest BCUT2D eigenvalue weighted by molar-refractivity contribution is 7.10. The van der Waals surface area contributed by atoms with E-state index in [0.717, 1.165) is 32.2 Å². The topological polar surface area (TPSA) is 49.9 Å². The summed E-state index contributed by atoms with van der Waals surface area (Å²) >= 11 is 7.44. The number of thiazole rings is 1. The molecule has 0 amide bonds. The lowest BCUT2D eigenvalue weighted by Gasteiger charge is -2.08. The van der Waals surface area contributed by atoms with Crippen molar-refractivity contribution in [1.82, 2.24) is 4.57 Å². The molecule has 1 aliphatic heterocycles. The third kappa shape index (κ3) is 3.81. The molecule has 0 saturated carbocycles. The van der Waals surface area contributed by atoms with Gasteiger partial charge in [0.15, 0.2) is 4.80 Å². The molecule has 28 heavy (non-hydrogen) atoms. The van der Waals surface area contributed by atoms with E-state index in [2.05, 4.69) is 18.8 Å². The Hall–Kier alpha value is -2.63. The fourth-order valence-electron chi connectivity index (χ4n) is 3.05. The first-order valence-electron chi connectivity index (χ1n) is 9.09. The summed E-state index contributed by atoms with van der Waals surface area (Å²) in [7, 11) is 0. The van der Waals surface area contributed by atoms with Gasteiger partial charge in [-0.05, 0) is 42.3 Å². The molecule has 2 heterocycles. The van der Waals surface area contributed by atoms with E-state index in [0.29, 0.717) is 17.5 Å². The molecule has 0 unspecified atom stereocenters. The molecule has 0 aliphatic carbocycles. The van der Waals surface area contributed by atoms with Gasteiger partial charge in [-0.1, -0.05) is 55.0 Å². The van der Waals surface area contributed by atoms with Crippen molar-refractivity contribution >= 4 is 52.2 Å². The molecule has 0 atom stereocenters. The molecule has 0 bridgehead atoms. The molecular weight excluding hydrogens is 390 g/mol. The number of aromatic nitrogens is 1. The fraction of sp³-hybridized carbons (Fsp3) is 0.182. The van der Waals surface area contributed by atoms with Crippen LogP contribution < -0.4 is 4.80 Å². The van der Waals surface area contributed by atoms with E-state index in [9.17, 15) is 5.11 Å². The quantitative estimate of drug-likeness (QED) is 0.559. The van der Waals surface area contributed by atoms with Gasteiger partial charge in [0.05, 0.1) is 16.3 Å². The van der Waals surface area contributed by atoms with Crippen LogP contribution in [0.15, 0.2) is 58.5 Å². The number of fused-ring (bicyclic) bond motifs is 1. The molecule has 1 aliphatic rings. The van der Waals surface area contributed by atoms with Crippen LogP contribution in [0.1, 0.15) is 24.3 Å². The first-order chi connectivity index (χ1) is 13.5. The highest BCUT2D eigenvalue weighted by Gasteiger charge is 2.16. The predicted molar refractivity (Wildman–Crippen MR) is 118 cm³/mol. The molecular formula is C22H20ClN3OS. The molecule has 0 saturated heterocycles. The van der Waals surface area contributed by atoms with E-state index >= 15 is 0 Å². The molecule has 2 aromatic carbocycles. The van der Waals surface area contributed by atoms with Crippen LogP contribution in [0, 0.1) is 5.92 Å². The minimum Gasteiger partial charge on any atom is -0.493 e. The first kappa shape index (κ1) is 18.7. The summed E-state index contributed by atoms with van der Waals surface area (Å²) in [5, 5.41) is 11.6. The van der Waals surface area contributed by atoms with Gasteiger partial charge in [0.1, 0.15) is 0 Å². The molecule has 0 spiro atoms. The van der Waals surface area contributed by atoms with Crippen LogP contribution >= 0.6 is 22.9 Å². The highest BCUT2D eigenvalue weighted by Crippen LogP contribution is 2.34. The fourth-order valence-corrected chi connectivity index (χ4v) is 4.18. The van der Waals surface area contributed by atoms with Gasteiger partial charge < -0.3 is 5.11 Å². The number of hydrogen-bond acceptors (Lipinski definition) is 4. The molecule has 3 aromatic rings. The maximum absolute atomic E-state index is 10.9. The summed E-state index contributed by atoms with van der Waals surface area (Å²) in [6.45, 7) is 4.92. The standard InChI is InChI=1S/C22H20ClN3OS/c1-14(2)13-26-21(27)20(11-15-12-24-19-6-4-3-5-18(15)19)28-22(26)25-17-9-7-16(23)8-10-17/h3-12,14,27H,13H2,1-2H3/b15-11+,25-22?. The number of hydrogen-bond donors (Lipinski definition) is 1. The number of allylic oxidation sites excluding steroid dienone is 1. The van der Waals surface area contributed by atoms with Crippen molar-refractivity contribution in [2.45, 2.75) is 20.4 Å². The zero-order valence-electron chi connectivity index (χ0n) is 15.6. The lowest BCUT2D eigenvalue weighted by atomic mass is 10.1. The Labute approximate surface area is 172 Å². The molecule has 0 radical (unpaired) electrons. The molecule has 6 heteroatoms. The summed E-state index contributed by atoms with van der Waals surface area (Å²) in [6, 6.07) is 15.4. The number of halogens is 1. The minimum absolute atomic E-state index is 0.233. The monoisotopic (exact) mass is 409 g/mol. The van der Waals surface area contributed by atoms with Crippen LogP contribution in [-0.2, 0) is 6.54 Å². The zero-order valence-corrected chi connectivity index (χ0v) is 17.2. The summed E-state index contributed by atoms with van der Waals surface area (Å²) in [6.07, 6.45) is 3.82. The molecule has 0 fully saturated rings. The Morgan fingerprint density at radius 3 is 2.68 bits per heavy atom. The predicted octanol–water partition coefficient (Wildman–Crippen LogP) is 6.05. The van der Waals surface area contributed by atoms with E-state index < -0.39 is 0 Å². The average molecular weight is 410 g/mol. The average Bonchev–Trinajstić information content (AvgIpc) is 3.20. The van der Waals surface area contributed by atoms with Crippen molar-refractivity contribution in [2.75, 3.05) is 0 Å². The number of aromatic hydroxyl groups is 1. The normalized spacial score (nSPS) is 15.0. The van der Waals surface area contributed by atoms with Gasteiger partial charge in [0.25, 0.3) is 0 Å². The summed E-state index contributed by atoms with van der Waals surface area (Å²) in [5.74, 6) is 0.607. The Morgan fingerprint density at radius 1 is 1.18 bits per heavy atom. The lowest BCUT2D eigenvalue weighted by Crippen LogP contribution is -2.17. The number of nitrogens with zero attached hydrogens (tertiary/aromatic N) is 3. The Kier molecular flexibility index (Phi) is 5.20. The van der Waals surface area contributed by atoms with Crippen molar-refractivity contribution in [3.05, 3.63) is 68.8 Å². The van der Waals surface area contributed by atoms with Gasteiger partial charge in [-0.15, -0.1) is 0 Å². The van der Waals surface area contributed by atoms with Crippen LogP contribution in [0.4, 0.5) is 11.4 Å². The maximum Gasteiger partial charge on any atom is 0.211 e. The Balaban J connectivity index is 1.82. The highest BCUT2D eigenvalue weighted by atomic mass is 35.5. The van der Waals surface area contributed by atoms with E-state index in [1.165, 1.54) is 11.3 Å². The van der Waals surface area contributed by atoms with Crippen molar-refractivity contribution < 1.29 is 5.11 Å². The lowest BCUT2D eigenvalue weighted by molar-refractivity contribution is 0.387. The van der Waals surface area contributed by atoms with E-state index in [-0.39, 0.29) is 5.88 Å². The van der Waals surface area contributed by atoms with Crippen LogP contribution in [0.3, 0.4) is 0 Å². The van der Waals surface area contributed by atoms with Gasteiger partial charge in [0.2, 0.25) is 5.88 Å². The summed E-state index contributed by atoms with van der Waals surface area (Å²) < 4.78 is 1.87. The number of para-hydroxylation sites is 1. The smallest absolute Gasteiger partial charge is 0.211 e. The second-order valence-corrected chi connectivity index (χ2v) is 8.49. The first-order valence-corrected chi connectivity index (χ1v) is 10.3. The van der Waals surface area contributed by atoms with Crippen LogP contribution in [0.2, 0.25) is 5.02 Å². The number of rotatable bonds is 4. The van der Waals surface area contributed by atoms with Crippen molar-refractivity contribution in [2.24, 2.45) is 15.9 Å². The van der Waals surface area contributed by atoms with E-state index in [1.54, 1.807) is 0 Å². The Bertz CT molecular complexity index is 1140. The third-order valence-corrected chi connectivity index (χ3v) is 5.62. The Morgan fingerprint density at radius 2 is 1.93 bits per heavy atom. The van der Waals surface area contributed by atoms with Crippen LogP contribution in [0.5, 0.6) is 5.88 Å². The van der Waals surface area contributed by atoms with Gasteiger partial charge in [0, 0.05) is 28.9 Å². The van der Waals surface area contributed by atoms with Gasteiger partial charge in [-0.3, -0.25) is 9.56 Å².